The number of benzene rings is 2. The van der Waals surface area contributed by atoms with Crippen LogP contribution in [0.15, 0.2) is 54.7 Å². The molecule has 3 rings (SSSR count). The normalized spacial score (nSPS) is 10.1. The van der Waals surface area contributed by atoms with E-state index in [4.69, 9.17) is 10.5 Å². The van der Waals surface area contributed by atoms with Gasteiger partial charge in [-0.15, -0.1) is 0 Å². The molecule has 0 aliphatic rings. The Morgan fingerprint density at radius 3 is 1.68 bits per heavy atom. The summed E-state index contributed by atoms with van der Waals surface area (Å²) in [6.45, 7) is 0. The number of nitrogens with zero attached hydrogens (tertiary/aromatic N) is 4. The largest absolute Gasteiger partial charge is 0.198 e. The molecule has 1 N–H and O–H groups in total. The van der Waals surface area contributed by atoms with Crippen LogP contribution in [0.3, 0.4) is 0 Å². The second-order valence-electron chi connectivity index (χ2n) is 4.80. The van der Waals surface area contributed by atoms with Gasteiger partial charge in [-0.05, 0) is 35.4 Å². The average molecular weight is 285 g/mol. The van der Waals surface area contributed by atoms with E-state index in [0.717, 1.165) is 16.8 Å². The topological polar surface area (TPSA) is 89.1 Å². The van der Waals surface area contributed by atoms with Crippen LogP contribution in [0, 0.1) is 22.7 Å². The highest BCUT2D eigenvalue weighted by Gasteiger charge is 2.19. The highest BCUT2D eigenvalue weighted by molar-refractivity contribution is 5.44. The first-order valence-electron chi connectivity index (χ1n) is 6.67. The lowest BCUT2D eigenvalue weighted by atomic mass is 9.88. The predicted octanol–water partition coefficient (Wildman–Crippen LogP) is 2.73. The molecule has 0 spiro atoms. The SMILES string of the molecule is N#Cc1ccc(C(c2ccc(C#N)cc2)c2cn[nH]n2)cc1. The maximum atomic E-state index is 8.92. The highest BCUT2D eigenvalue weighted by atomic mass is 15.3. The molecule has 0 atom stereocenters. The molecule has 1 aromatic heterocycles. The average Bonchev–Trinajstić information content (AvgIpc) is 3.10. The summed E-state index contributed by atoms with van der Waals surface area (Å²) in [4.78, 5) is 0. The van der Waals surface area contributed by atoms with Crippen molar-refractivity contribution in [2.75, 3.05) is 0 Å². The van der Waals surface area contributed by atoms with Crippen LogP contribution in [0.1, 0.15) is 33.9 Å². The van der Waals surface area contributed by atoms with Gasteiger partial charge in [-0.1, -0.05) is 24.3 Å². The van der Waals surface area contributed by atoms with Crippen molar-refractivity contribution in [1.82, 2.24) is 15.4 Å². The van der Waals surface area contributed by atoms with Crippen molar-refractivity contribution < 1.29 is 0 Å². The number of aromatic amines is 1. The van der Waals surface area contributed by atoms with E-state index in [0.29, 0.717) is 11.1 Å². The molecule has 0 saturated heterocycles. The number of hydrogen-bond acceptors (Lipinski definition) is 4. The van der Waals surface area contributed by atoms with Crippen LogP contribution in [0.25, 0.3) is 0 Å². The monoisotopic (exact) mass is 285 g/mol. The number of aromatic nitrogens is 3. The van der Waals surface area contributed by atoms with Gasteiger partial charge >= 0.3 is 0 Å². The molecule has 2 aromatic carbocycles. The van der Waals surface area contributed by atoms with Gasteiger partial charge in [-0.3, -0.25) is 0 Å². The second kappa shape index (κ2) is 5.90. The molecule has 0 radical (unpaired) electrons. The Kier molecular flexibility index (Phi) is 3.63. The van der Waals surface area contributed by atoms with Gasteiger partial charge in [0, 0.05) is 0 Å². The molecular weight excluding hydrogens is 274 g/mol. The molecule has 5 nitrogen and oxygen atoms in total. The van der Waals surface area contributed by atoms with Crippen molar-refractivity contribution in [2.24, 2.45) is 0 Å². The minimum Gasteiger partial charge on any atom is -0.198 e. The summed E-state index contributed by atoms with van der Waals surface area (Å²) in [5.74, 6) is -0.0979. The summed E-state index contributed by atoms with van der Waals surface area (Å²) in [5.41, 5.74) is 4.04. The Balaban J connectivity index is 2.07. The molecule has 104 valence electrons. The van der Waals surface area contributed by atoms with E-state index >= 15 is 0 Å². The fourth-order valence-electron chi connectivity index (χ4n) is 2.38. The summed E-state index contributed by atoms with van der Waals surface area (Å²) >= 11 is 0. The molecule has 3 aromatic rings. The molecule has 0 saturated carbocycles. The first-order valence-corrected chi connectivity index (χ1v) is 6.67. The summed E-state index contributed by atoms with van der Waals surface area (Å²) in [7, 11) is 0. The smallest absolute Gasteiger partial charge is 0.0991 e. The third-order valence-corrected chi connectivity index (χ3v) is 3.48. The van der Waals surface area contributed by atoms with E-state index in [9.17, 15) is 0 Å². The number of H-pyrrole nitrogens is 1. The van der Waals surface area contributed by atoms with Crippen LogP contribution in [-0.2, 0) is 0 Å². The molecule has 0 bridgehead atoms. The maximum absolute atomic E-state index is 8.92. The summed E-state index contributed by atoms with van der Waals surface area (Å²) < 4.78 is 0. The lowest BCUT2D eigenvalue weighted by Gasteiger charge is -2.15. The van der Waals surface area contributed by atoms with E-state index in [2.05, 4.69) is 27.5 Å². The highest BCUT2D eigenvalue weighted by Crippen LogP contribution is 2.30. The predicted molar refractivity (Wildman–Crippen MR) is 79.6 cm³/mol. The van der Waals surface area contributed by atoms with Gasteiger partial charge in [-0.25, -0.2) is 0 Å². The third kappa shape index (κ3) is 2.56. The first kappa shape index (κ1) is 13.5. The number of nitrogens with one attached hydrogen (secondary N) is 1. The quantitative estimate of drug-likeness (QED) is 0.801. The zero-order valence-electron chi connectivity index (χ0n) is 11.6. The molecule has 22 heavy (non-hydrogen) atoms. The number of hydrogen-bond donors (Lipinski definition) is 1. The van der Waals surface area contributed by atoms with Gasteiger partial charge in [0.1, 0.15) is 0 Å². The Bertz CT molecular complexity index is 777. The van der Waals surface area contributed by atoms with Crippen LogP contribution in [0.2, 0.25) is 0 Å². The molecular formula is C17H11N5. The van der Waals surface area contributed by atoms with Crippen molar-refractivity contribution in [2.45, 2.75) is 5.92 Å². The van der Waals surface area contributed by atoms with Gasteiger partial charge < -0.3 is 0 Å². The zero-order valence-corrected chi connectivity index (χ0v) is 11.6. The fourth-order valence-corrected chi connectivity index (χ4v) is 2.38. The van der Waals surface area contributed by atoms with Gasteiger partial charge in [0.15, 0.2) is 0 Å². The first-order chi connectivity index (χ1) is 10.8. The van der Waals surface area contributed by atoms with Gasteiger partial charge in [0.2, 0.25) is 0 Å². The summed E-state index contributed by atoms with van der Waals surface area (Å²) in [5, 5.41) is 28.5. The molecule has 0 amide bonds. The lowest BCUT2D eigenvalue weighted by molar-refractivity contribution is 0.870. The molecule has 1 heterocycles. The molecule has 0 unspecified atom stereocenters. The summed E-state index contributed by atoms with van der Waals surface area (Å²) in [6, 6.07) is 19.0. The fraction of sp³-hybridized carbons (Fsp3) is 0.0588. The zero-order chi connectivity index (χ0) is 15.4. The Hall–Kier alpha value is -3.44. The van der Waals surface area contributed by atoms with E-state index < -0.39 is 0 Å². The van der Waals surface area contributed by atoms with Crippen LogP contribution in [0.4, 0.5) is 0 Å². The van der Waals surface area contributed by atoms with Crippen LogP contribution in [0.5, 0.6) is 0 Å². The van der Waals surface area contributed by atoms with E-state index in [1.807, 2.05) is 24.3 Å². The molecule has 0 fully saturated rings. The molecule has 0 aliphatic carbocycles. The van der Waals surface area contributed by atoms with Crippen molar-refractivity contribution in [1.29, 1.82) is 10.5 Å². The van der Waals surface area contributed by atoms with Crippen LogP contribution < -0.4 is 0 Å². The maximum Gasteiger partial charge on any atom is 0.0991 e. The van der Waals surface area contributed by atoms with Crippen LogP contribution in [-0.4, -0.2) is 15.4 Å². The van der Waals surface area contributed by atoms with Crippen molar-refractivity contribution in [3.05, 3.63) is 82.7 Å². The molecule has 0 aliphatic heterocycles. The van der Waals surface area contributed by atoms with E-state index in [-0.39, 0.29) is 5.92 Å². The molecule has 5 heteroatoms. The van der Waals surface area contributed by atoms with Gasteiger partial charge in [-0.2, -0.15) is 25.9 Å². The Morgan fingerprint density at radius 2 is 1.32 bits per heavy atom. The summed E-state index contributed by atoms with van der Waals surface area (Å²) in [6.07, 6.45) is 1.68. The standard InChI is InChI=1S/C17H11N5/c18-9-12-1-5-14(6-2-12)17(16-11-20-22-21-16)15-7-3-13(10-19)4-8-15/h1-8,11,17H,(H,20,21,22). The van der Waals surface area contributed by atoms with Crippen LogP contribution >= 0.6 is 0 Å². The lowest BCUT2D eigenvalue weighted by Crippen LogP contribution is -2.04. The van der Waals surface area contributed by atoms with Gasteiger partial charge in [0.05, 0.1) is 41.1 Å². The minimum absolute atomic E-state index is 0.0979. The van der Waals surface area contributed by atoms with Crippen molar-refractivity contribution >= 4 is 0 Å². The van der Waals surface area contributed by atoms with Gasteiger partial charge in [0.25, 0.3) is 0 Å². The number of nitriles is 2. The number of rotatable bonds is 3. The van der Waals surface area contributed by atoms with E-state index in [1.54, 1.807) is 30.5 Å². The van der Waals surface area contributed by atoms with E-state index in [1.165, 1.54) is 0 Å². The third-order valence-electron chi connectivity index (χ3n) is 3.48. The van der Waals surface area contributed by atoms with Crippen molar-refractivity contribution in [3.63, 3.8) is 0 Å². The van der Waals surface area contributed by atoms with Crippen molar-refractivity contribution in [3.8, 4) is 12.1 Å². The second-order valence-corrected chi connectivity index (χ2v) is 4.80. The Labute approximate surface area is 127 Å². The Morgan fingerprint density at radius 1 is 0.818 bits per heavy atom. The minimum atomic E-state index is -0.0979.